The Morgan fingerprint density at radius 2 is 1.84 bits per heavy atom. The highest BCUT2D eigenvalue weighted by Crippen LogP contribution is 2.27. The molecular weight excluding hydrogens is 238 g/mol. The number of hydrogen-bond donors (Lipinski definition) is 1. The van der Waals surface area contributed by atoms with Crippen LogP contribution in [-0.4, -0.2) is 33.9 Å². The van der Waals surface area contributed by atoms with Gasteiger partial charge in [0.2, 0.25) is 0 Å². The molecule has 0 saturated carbocycles. The fourth-order valence-electron chi connectivity index (χ4n) is 2.21. The zero-order valence-electron chi connectivity index (χ0n) is 12.6. The Kier molecular flexibility index (Phi) is 7.53. The van der Waals surface area contributed by atoms with Crippen LogP contribution >= 0.6 is 0 Å². The van der Waals surface area contributed by atoms with Crippen LogP contribution in [0.1, 0.15) is 31.7 Å². The molecule has 3 nitrogen and oxygen atoms in total. The lowest BCUT2D eigenvalue weighted by Crippen LogP contribution is -2.28. The van der Waals surface area contributed by atoms with Gasteiger partial charge in [0.25, 0.3) is 0 Å². The summed E-state index contributed by atoms with van der Waals surface area (Å²) in [6.45, 7) is 7.21. The van der Waals surface area contributed by atoms with Crippen LogP contribution in [0.4, 0.5) is 0 Å². The summed E-state index contributed by atoms with van der Waals surface area (Å²) in [6, 6.07) is 8.43. The maximum absolute atomic E-state index is 5.22. The van der Waals surface area contributed by atoms with Gasteiger partial charge in [0.15, 0.2) is 0 Å². The van der Waals surface area contributed by atoms with Crippen molar-refractivity contribution in [1.82, 2.24) is 5.32 Å². The monoisotopic (exact) mass is 265 g/mol. The minimum Gasteiger partial charge on any atom is -0.497 e. The van der Waals surface area contributed by atoms with Crippen molar-refractivity contribution in [1.29, 1.82) is 0 Å². The molecule has 0 fully saturated rings. The van der Waals surface area contributed by atoms with Crippen LogP contribution in [0.15, 0.2) is 24.3 Å². The number of rotatable bonds is 9. The SMILES string of the molecule is CCC(C)C(CNCCOC)c1ccc(OC)cc1. The summed E-state index contributed by atoms with van der Waals surface area (Å²) in [5.41, 5.74) is 1.38. The number of benzene rings is 1. The first kappa shape index (κ1) is 16.0. The van der Waals surface area contributed by atoms with Crippen LogP contribution in [0.25, 0.3) is 0 Å². The Morgan fingerprint density at radius 3 is 2.37 bits per heavy atom. The maximum atomic E-state index is 5.22. The molecule has 0 amide bonds. The zero-order valence-corrected chi connectivity index (χ0v) is 12.6. The molecule has 0 radical (unpaired) electrons. The molecule has 2 unspecified atom stereocenters. The second-order valence-corrected chi connectivity index (χ2v) is 4.96. The highest BCUT2D eigenvalue weighted by Gasteiger charge is 2.17. The van der Waals surface area contributed by atoms with Gasteiger partial charge < -0.3 is 14.8 Å². The van der Waals surface area contributed by atoms with Crippen molar-refractivity contribution in [2.75, 3.05) is 33.9 Å². The standard InChI is InChI=1S/C16H27NO2/c1-5-13(2)16(12-17-10-11-18-3)14-6-8-15(19-4)9-7-14/h6-9,13,16-17H,5,10-12H2,1-4H3. The van der Waals surface area contributed by atoms with Crippen molar-refractivity contribution in [3.05, 3.63) is 29.8 Å². The van der Waals surface area contributed by atoms with Crippen molar-refractivity contribution in [3.8, 4) is 5.75 Å². The van der Waals surface area contributed by atoms with E-state index in [1.165, 1.54) is 12.0 Å². The zero-order chi connectivity index (χ0) is 14.1. The molecule has 1 rings (SSSR count). The van der Waals surface area contributed by atoms with Gasteiger partial charge in [0.05, 0.1) is 13.7 Å². The Bertz CT molecular complexity index is 337. The van der Waals surface area contributed by atoms with E-state index in [4.69, 9.17) is 9.47 Å². The maximum Gasteiger partial charge on any atom is 0.118 e. The molecular formula is C16H27NO2. The van der Waals surface area contributed by atoms with Gasteiger partial charge in [-0.25, -0.2) is 0 Å². The van der Waals surface area contributed by atoms with Crippen molar-refractivity contribution in [2.24, 2.45) is 5.92 Å². The lowest BCUT2D eigenvalue weighted by molar-refractivity contribution is 0.198. The Hall–Kier alpha value is -1.06. The Morgan fingerprint density at radius 1 is 1.16 bits per heavy atom. The van der Waals surface area contributed by atoms with Gasteiger partial charge in [-0.05, 0) is 29.5 Å². The highest BCUT2D eigenvalue weighted by atomic mass is 16.5. The van der Waals surface area contributed by atoms with E-state index in [-0.39, 0.29) is 0 Å². The van der Waals surface area contributed by atoms with Crippen molar-refractivity contribution < 1.29 is 9.47 Å². The van der Waals surface area contributed by atoms with E-state index in [0.29, 0.717) is 11.8 Å². The lowest BCUT2D eigenvalue weighted by atomic mass is 9.85. The van der Waals surface area contributed by atoms with E-state index in [1.54, 1.807) is 14.2 Å². The number of ether oxygens (including phenoxy) is 2. The minimum absolute atomic E-state index is 0.535. The first-order valence-corrected chi connectivity index (χ1v) is 7.06. The van der Waals surface area contributed by atoms with Crippen LogP contribution in [0.3, 0.4) is 0 Å². The van der Waals surface area contributed by atoms with E-state index in [1.807, 2.05) is 12.1 Å². The third-order valence-corrected chi connectivity index (χ3v) is 3.72. The molecule has 3 heteroatoms. The van der Waals surface area contributed by atoms with Crippen molar-refractivity contribution in [2.45, 2.75) is 26.2 Å². The van der Waals surface area contributed by atoms with E-state index in [2.05, 4.69) is 31.3 Å². The molecule has 1 N–H and O–H groups in total. The van der Waals surface area contributed by atoms with Gasteiger partial charge in [-0.15, -0.1) is 0 Å². The molecule has 0 aromatic heterocycles. The largest absolute Gasteiger partial charge is 0.497 e. The third kappa shape index (κ3) is 5.21. The summed E-state index contributed by atoms with van der Waals surface area (Å²) in [7, 11) is 3.44. The van der Waals surface area contributed by atoms with Gasteiger partial charge in [0, 0.05) is 20.2 Å². The predicted molar refractivity (Wildman–Crippen MR) is 79.9 cm³/mol. The van der Waals surface area contributed by atoms with Gasteiger partial charge in [-0.2, -0.15) is 0 Å². The van der Waals surface area contributed by atoms with Crippen molar-refractivity contribution in [3.63, 3.8) is 0 Å². The first-order chi connectivity index (χ1) is 9.22. The molecule has 0 bridgehead atoms. The molecule has 0 aliphatic heterocycles. The fraction of sp³-hybridized carbons (Fsp3) is 0.625. The van der Waals surface area contributed by atoms with Crippen LogP contribution in [0, 0.1) is 5.92 Å². The summed E-state index contributed by atoms with van der Waals surface area (Å²) < 4.78 is 10.3. The van der Waals surface area contributed by atoms with Crippen molar-refractivity contribution >= 4 is 0 Å². The topological polar surface area (TPSA) is 30.5 Å². The highest BCUT2D eigenvalue weighted by molar-refractivity contribution is 5.30. The lowest BCUT2D eigenvalue weighted by Gasteiger charge is -2.24. The molecule has 0 spiro atoms. The second-order valence-electron chi connectivity index (χ2n) is 4.96. The average Bonchev–Trinajstić information content (AvgIpc) is 2.47. The number of methoxy groups -OCH3 is 2. The molecule has 2 atom stereocenters. The van der Waals surface area contributed by atoms with Crippen LogP contribution in [0.5, 0.6) is 5.75 Å². The van der Waals surface area contributed by atoms with Gasteiger partial charge in [-0.1, -0.05) is 32.4 Å². The van der Waals surface area contributed by atoms with Gasteiger partial charge >= 0.3 is 0 Å². The molecule has 108 valence electrons. The summed E-state index contributed by atoms with van der Waals surface area (Å²) in [6.07, 6.45) is 1.18. The molecule has 19 heavy (non-hydrogen) atoms. The first-order valence-electron chi connectivity index (χ1n) is 7.06. The normalized spacial score (nSPS) is 14.1. The Balaban J connectivity index is 2.66. The molecule has 0 aliphatic rings. The quantitative estimate of drug-likeness (QED) is 0.696. The van der Waals surface area contributed by atoms with Crippen LogP contribution in [0.2, 0.25) is 0 Å². The van der Waals surface area contributed by atoms with E-state index >= 15 is 0 Å². The molecule has 1 aromatic rings. The van der Waals surface area contributed by atoms with Crippen LogP contribution in [-0.2, 0) is 4.74 Å². The van der Waals surface area contributed by atoms with E-state index < -0.39 is 0 Å². The molecule has 1 aromatic carbocycles. The number of hydrogen-bond acceptors (Lipinski definition) is 3. The number of nitrogens with one attached hydrogen (secondary N) is 1. The molecule has 0 aliphatic carbocycles. The van der Waals surface area contributed by atoms with Gasteiger partial charge in [-0.3, -0.25) is 0 Å². The summed E-state index contributed by atoms with van der Waals surface area (Å²) >= 11 is 0. The third-order valence-electron chi connectivity index (χ3n) is 3.72. The Labute approximate surface area is 117 Å². The second kappa shape index (κ2) is 8.94. The smallest absolute Gasteiger partial charge is 0.118 e. The minimum atomic E-state index is 0.535. The predicted octanol–water partition coefficient (Wildman–Crippen LogP) is 3.06. The fourth-order valence-corrected chi connectivity index (χ4v) is 2.21. The molecule has 0 heterocycles. The van der Waals surface area contributed by atoms with E-state index in [0.717, 1.165) is 25.4 Å². The summed E-state index contributed by atoms with van der Waals surface area (Å²) in [5.74, 6) is 2.11. The van der Waals surface area contributed by atoms with E-state index in [9.17, 15) is 0 Å². The summed E-state index contributed by atoms with van der Waals surface area (Å²) in [4.78, 5) is 0. The average molecular weight is 265 g/mol. The molecule has 0 saturated heterocycles. The summed E-state index contributed by atoms with van der Waals surface area (Å²) in [5, 5.41) is 3.47. The van der Waals surface area contributed by atoms with Crippen LogP contribution < -0.4 is 10.1 Å². The van der Waals surface area contributed by atoms with Gasteiger partial charge in [0.1, 0.15) is 5.75 Å².